The maximum Gasteiger partial charge on any atom is 0.269 e. The summed E-state index contributed by atoms with van der Waals surface area (Å²) < 4.78 is 53.5. The normalized spacial score (nSPS) is 17.7. The molecule has 0 aromatic carbocycles. The summed E-state index contributed by atoms with van der Waals surface area (Å²) in [7, 11) is -3.94. The van der Waals surface area contributed by atoms with Gasteiger partial charge in [-0.25, -0.2) is 17.3 Å². The molecule has 2 unspecified atom stereocenters. The molecule has 3 rings (SSSR count). The molecule has 0 radical (unpaired) electrons. The Balaban J connectivity index is 1.83. The molecule has 0 bridgehead atoms. The third-order valence-corrected chi connectivity index (χ3v) is 8.75. The molecule has 3 heterocycles. The lowest BCUT2D eigenvalue weighted by molar-refractivity contribution is 0.378. The molecule has 1 aliphatic heterocycles. The Morgan fingerprint density at radius 2 is 1.79 bits per heavy atom. The lowest BCUT2D eigenvalue weighted by Gasteiger charge is -2.21. The van der Waals surface area contributed by atoms with Gasteiger partial charge < -0.3 is 20.2 Å². The highest BCUT2D eigenvalue weighted by Gasteiger charge is 2.31. The maximum absolute atomic E-state index is 12.6. The monoisotopic (exact) mass is 529 g/mol. The van der Waals surface area contributed by atoms with Gasteiger partial charge in [0.05, 0.1) is 18.0 Å². The molecule has 2 atom stereocenters. The van der Waals surface area contributed by atoms with Crippen LogP contribution in [0.2, 0.25) is 0 Å². The van der Waals surface area contributed by atoms with Crippen LogP contribution in [0.1, 0.15) is 71.7 Å². The molecule has 2 aromatic rings. The van der Waals surface area contributed by atoms with Gasteiger partial charge in [-0.05, 0) is 44.2 Å². The van der Waals surface area contributed by atoms with Crippen LogP contribution in [0.5, 0.6) is 5.75 Å². The molecule has 188 valence electrons. The number of furan rings is 1. The first-order valence-corrected chi connectivity index (χ1v) is 14.2. The number of hydrogen-bond acceptors (Lipinski definition) is 8. The summed E-state index contributed by atoms with van der Waals surface area (Å²) >= 11 is -1.00. The van der Waals surface area contributed by atoms with Gasteiger partial charge in [-0.2, -0.15) is 0 Å². The van der Waals surface area contributed by atoms with E-state index in [1.807, 2.05) is 19.9 Å². The first-order valence-electron chi connectivity index (χ1n) is 10.7. The van der Waals surface area contributed by atoms with Crippen molar-refractivity contribution in [2.24, 2.45) is 14.7 Å². The maximum atomic E-state index is 12.6. The van der Waals surface area contributed by atoms with Crippen LogP contribution in [-0.2, 0) is 21.2 Å². The molecular formula is C21H31N5O5S3. The number of nitrogens with one attached hydrogen (secondary N) is 3. The molecule has 0 spiro atoms. The van der Waals surface area contributed by atoms with Gasteiger partial charge >= 0.3 is 0 Å². The Hall–Kier alpha value is -2.22. The van der Waals surface area contributed by atoms with Crippen molar-refractivity contribution in [2.75, 3.05) is 5.32 Å². The molecule has 0 saturated carbocycles. The van der Waals surface area contributed by atoms with Crippen molar-refractivity contribution in [3.63, 3.8) is 0 Å². The second-order valence-electron chi connectivity index (χ2n) is 9.68. The Bertz CT molecular complexity index is 1240. The third-order valence-electron chi connectivity index (χ3n) is 4.81. The van der Waals surface area contributed by atoms with Crippen molar-refractivity contribution in [3.8, 4) is 5.75 Å². The van der Waals surface area contributed by atoms with Gasteiger partial charge in [0.15, 0.2) is 21.6 Å². The van der Waals surface area contributed by atoms with Gasteiger partial charge in [0, 0.05) is 10.9 Å². The summed E-state index contributed by atoms with van der Waals surface area (Å²) in [6.07, 6.45) is 1.72. The number of hydrogen-bond donors (Lipinski definition) is 4. The fourth-order valence-electron chi connectivity index (χ4n) is 3.18. The molecule has 1 aliphatic rings. The van der Waals surface area contributed by atoms with Crippen LogP contribution < -0.4 is 15.4 Å². The van der Waals surface area contributed by atoms with E-state index in [-0.39, 0.29) is 33.5 Å². The zero-order valence-corrected chi connectivity index (χ0v) is 22.6. The van der Waals surface area contributed by atoms with Crippen LogP contribution in [0.15, 0.2) is 35.1 Å². The fourth-order valence-corrected chi connectivity index (χ4v) is 6.46. The summed E-state index contributed by atoms with van der Waals surface area (Å²) in [6, 6.07) is 1.69. The van der Waals surface area contributed by atoms with Crippen molar-refractivity contribution >= 4 is 49.9 Å². The number of aromatic hydroxyl groups is 1. The van der Waals surface area contributed by atoms with Crippen LogP contribution in [0.25, 0.3) is 0 Å². The number of anilines is 1. The summed E-state index contributed by atoms with van der Waals surface area (Å²) in [4.78, 5) is 0. The number of thiophene rings is 1. The van der Waals surface area contributed by atoms with Crippen molar-refractivity contribution in [3.05, 3.63) is 29.0 Å². The van der Waals surface area contributed by atoms with Crippen LogP contribution in [-0.4, -0.2) is 34.9 Å². The van der Waals surface area contributed by atoms with Gasteiger partial charge in [0.1, 0.15) is 5.76 Å². The van der Waals surface area contributed by atoms with Crippen molar-refractivity contribution in [1.29, 1.82) is 0 Å². The predicted molar refractivity (Wildman–Crippen MR) is 136 cm³/mol. The van der Waals surface area contributed by atoms with E-state index in [2.05, 4.69) is 38.0 Å². The Kier molecular flexibility index (Phi) is 7.60. The smallest absolute Gasteiger partial charge is 0.269 e. The molecule has 10 nitrogen and oxygen atoms in total. The lowest BCUT2D eigenvalue weighted by atomic mass is 9.99. The van der Waals surface area contributed by atoms with Crippen molar-refractivity contribution < 1.29 is 22.2 Å². The second kappa shape index (κ2) is 9.80. The summed E-state index contributed by atoms with van der Waals surface area (Å²) in [5.41, 5.74) is 0.464. The minimum Gasteiger partial charge on any atom is -0.504 e. The van der Waals surface area contributed by atoms with Gasteiger partial charge in [-0.15, -0.1) is 20.1 Å². The topological polar surface area (TPSA) is 145 Å². The summed E-state index contributed by atoms with van der Waals surface area (Å²) in [5.74, 6) is 1.01. The van der Waals surface area contributed by atoms with Gasteiger partial charge in [0.25, 0.3) is 21.2 Å². The first-order chi connectivity index (χ1) is 15.7. The fraction of sp³-hybridized carbons (Fsp3) is 0.524. The van der Waals surface area contributed by atoms with Gasteiger partial charge in [-0.1, -0.05) is 27.7 Å². The zero-order valence-electron chi connectivity index (χ0n) is 20.2. The summed E-state index contributed by atoms with van der Waals surface area (Å²) in [6.45, 7) is 13.3. The van der Waals surface area contributed by atoms with Crippen molar-refractivity contribution in [1.82, 2.24) is 10.0 Å². The Labute approximate surface area is 206 Å². The molecule has 13 heteroatoms. The van der Waals surface area contributed by atoms with Crippen molar-refractivity contribution in [2.45, 2.75) is 70.2 Å². The highest BCUT2D eigenvalue weighted by Crippen LogP contribution is 2.38. The second-order valence-corrected chi connectivity index (χ2v) is 13.3. The van der Waals surface area contributed by atoms with E-state index in [0.717, 1.165) is 16.9 Å². The van der Waals surface area contributed by atoms with E-state index in [0.29, 0.717) is 11.7 Å². The standard InChI is InChI=1S/C21H31N5O5S3/c1-11(2)13-8-15(31-9-13)16(12(3)4)23-19-18(24-33(28)25-19)22-14-10-32-20(17(14)27)34(29,30)26-21(5,6)7/h8-12,16,26-27H,1-7H3,(H,22,24)(H,23,25). The minimum atomic E-state index is -3.94. The number of nitrogens with zero attached hydrogens (tertiary/aromatic N) is 2. The first kappa shape index (κ1) is 26.4. The number of rotatable bonds is 7. The highest BCUT2D eigenvalue weighted by atomic mass is 32.2. The van der Waals surface area contributed by atoms with Gasteiger partial charge in [-0.3, -0.25) is 0 Å². The Morgan fingerprint density at radius 3 is 2.35 bits per heavy atom. The average molecular weight is 530 g/mol. The minimum absolute atomic E-state index is 0.0962. The third kappa shape index (κ3) is 6.06. The highest BCUT2D eigenvalue weighted by molar-refractivity contribution is 7.91. The molecule has 0 fully saturated rings. The Morgan fingerprint density at radius 1 is 1.15 bits per heavy atom. The lowest BCUT2D eigenvalue weighted by Crippen LogP contribution is -2.40. The number of sulfonamides is 1. The molecule has 2 aromatic heterocycles. The van der Waals surface area contributed by atoms with E-state index < -0.39 is 32.5 Å². The molecule has 0 aliphatic carbocycles. The molecule has 4 N–H and O–H groups in total. The largest absolute Gasteiger partial charge is 0.504 e. The molecule has 0 amide bonds. The van der Waals surface area contributed by atoms with E-state index in [9.17, 15) is 17.7 Å². The average Bonchev–Trinajstić information content (AvgIpc) is 3.38. The molecular weight excluding hydrogens is 498 g/mol. The van der Waals surface area contributed by atoms with Crippen LogP contribution in [0.4, 0.5) is 5.69 Å². The van der Waals surface area contributed by atoms with Crippen LogP contribution in [0.3, 0.4) is 0 Å². The SMILES string of the molecule is CC(C)c1coc(C(NC2=NS(=O)N=C2Nc2csc(S(=O)(=O)NC(C)(C)C)c2O)C(C)C)c1. The van der Waals surface area contributed by atoms with Crippen LogP contribution in [0, 0.1) is 5.92 Å². The molecule has 0 saturated heterocycles. The molecule has 34 heavy (non-hydrogen) atoms. The summed E-state index contributed by atoms with van der Waals surface area (Å²) in [5, 5.41) is 18.2. The predicted octanol–water partition coefficient (Wildman–Crippen LogP) is 4.04. The van der Waals surface area contributed by atoms with E-state index in [1.54, 1.807) is 27.0 Å². The number of amidine groups is 2. The van der Waals surface area contributed by atoms with E-state index >= 15 is 0 Å². The van der Waals surface area contributed by atoms with Crippen LogP contribution >= 0.6 is 11.3 Å². The quantitative estimate of drug-likeness (QED) is 0.423. The zero-order chi connectivity index (χ0) is 25.4. The van der Waals surface area contributed by atoms with E-state index in [4.69, 9.17) is 4.42 Å². The van der Waals surface area contributed by atoms with E-state index in [1.165, 1.54) is 5.38 Å². The van der Waals surface area contributed by atoms with Gasteiger partial charge in [0.2, 0.25) is 0 Å².